The van der Waals surface area contributed by atoms with Gasteiger partial charge < -0.3 is 0 Å². The number of aromatic amines is 1. The van der Waals surface area contributed by atoms with E-state index in [1.165, 1.54) is 11.3 Å². The van der Waals surface area contributed by atoms with Crippen molar-refractivity contribution in [2.24, 2.45) is 0 Å². The number of aromatic nitrogens is 2. The molecular weight excluding hydrogens is 148 g/mol. The first kappa shape index (κ1) is 5.61. The minimum atomic E-state index is -0.112. The van der Waals surface area contributed by atoms with Crippen LogP contribution in [0.15, 0.2) is 22.4 Å². The van der Waals surface area contributed by atoms with Crippen LogP contribution in [0.1, 0.15) is 0 Å². The van der Waals surface area contributed by atoms with Crippen molar-refractivity contribution in [1.82, 2.24) is 10.2 Å². The predicted molar refractivity (Wildman–Crippen MR) is 40.2 cm³/mol. The van der Waals surface area contributed by atoms with Crippen molar-refractivity contribution in [1.29, 1.82) is 0 Å². The zero-order valence-corrected chi connectivity index (χ0v) is 5.81. The lowest BCUT2D eigenvalue weighted by atomic mass is 10.4. The molecule has 3 nitrogen and oxygen atoms in total. The van der Waals surface area contributed by atoms with Gasteiger partial charge in [-0.05, 0) is 11.4 Å². The molecule has 2 heterocycles. The van der Waals surface area contributed by atoms with Crippen LogP contribution >= 0.6 is 11.3 Å². The highest BCUT2D eigenvalue weighted by atomic mass is 32.1. The molecule has 50 valence electrons. The number of hydrogen-bond donors (Lipinski definition) is 1. The SMILES string of the molecule is O=c1[nH]ncc2sccc12. The Morgan fingerprint density at radius 1 is 1.60 bits per heavy atom. The van der Waals surface area contributed by atoms with Crippen LogP contribution in [0.2, 0.25) is 0 Å². The lowest BCUT2D eigenvalue weighted by molar-refractivity contribution is 1.01. The van der Waals surface area contributed by atoms with Crippen LogP contribution in [0, 0.1) is 0 Å². The fourth-order valence-corrected chi connectivity index (χ4v) is 1.57. The minimum Gasteiger partial charge on any atom is -0.267 e. The van der Waals surface area contributed by atoms with Crippen LogP contribution in [0.4, 0.5) is 0 Å². The van der Waals surface area contributed by atoms with Gasteiger partial charge in [0.25, 0.3) is 5.56 Å². The minimum absolute atomic E-state index is 0.112. The molecule has 0 radical (unpaired) electrons. The molecule has 0 aliphatic carbocycles. The number of thiophene rings is 1. The molecule has 0 fully saturated rings. The normalized spacial score (nSPS) is 10.4. The van der Waals surface area contributed by atoms with Crippen molar-refractivity contribution >= 4 is 21.4 Å². The highest BCUT2D eigenvalue weighted by Gasteiger charge is 1.96. The van der Waals surface area contributed by atoms with Gasteiger partial charge in [0.05, 0.1) is 16.3 Å². The van der Waals surface area contributed by atoms with Crippen molar-refractivity contribution in [2.75, 3.05) is 0 Å². The van der Waals surface area contributed by atoms with E-state index < -0.39 is 0 Å². The smallest absolute Gasteiger partial charge is 0.267 e. The molecule has 0 atom stereocenters. The van der Waals surface area contributed by atoms with Crippen molar-refractivity contribution in [3.63, 3.8) is 0 Å². The Kier molecular flexibility index (Phi) is 1.07. The molecule has 0 amide bonds. The van der Waals surface area contributed by atoms with Crippen LogP contribution < -0.4 is 5.56 Å². The van der Waals surface area contributed by atoms with E-state index >= 15 is 0 Å². The Morgan fingerprint density at radius 2 is 2.50 bits per heavy atom. The molecule has 0 spiro atoms. The second-order valence-corrected chi connectivity index (χ2v) is 2.85. The van der Waals surface area contributed by atoms with Gasteiger partial charge in [-0.15, -0.1) is 11.3 Å². The monoisotopic (exact) mass is 152 g/mol. The van der Waals surface area contributed by atoms with E-state index in [-0.39, 0.29) is 5.56 Å². The lowest BCUT2D eigenvalue weighted by Crippen LogP contribution is -2.05. The van der Waals surface area contributed by atoms with Crippen molar-refractivity contribution in [2.45, 2.75) is 0 Å². The molecule has 2 aromatic heterocycles. The molecule has 1 N–H and O–H groups in total. The molecule has 10 heavy (non-hydrogen) atoms. The average molecular weight is 152 g/mol. The van der Waals surface area contributed by atoms with Crippen LogP contribution in [0.25, 0.3) is 10.1 Å². The number of H-pyrrole nitrogens is 1. The Balaban J connectivity index is 3.09. The van der Waals surface area contributed by atoms with Gasteiger partial charge in [-0.2, -0.15) is 5.10 Å². The summed E-state index contributed by atoms with van der Waals surface area (Å²) >= 11 is 1.52. The quantitative estimate of drug-likeness (QED) is 0.611. The predicted octanol–water partition coefficient (Wildman–Crippen LogP) is 0.985. The fraction of sp³-hybridized carbons (Fsp3) is 0. The summed E-state index contributed by atoms with van der Waals surface area (Å²) in [5.41, 5.74) is -0.112. The molecule has 4 heteroatoms. The second-order valence-electron chi connectivity index (χ2n) is 1.90. The molecule has 0 aliphatic rings. The summed E-state index contributed by atoms with van der Waals surface area (Å²) < 4.78 is 0.934. The highest BCUT2D eigenvalue weighted by Crippen LogP contribution is 2.13. The summed E-state index contributed by atoms with van der Waals surface area (Å²) in [6.07, 6.45) is 1.65. The van der Waals surface area contributed by atoms with Gasteiger partial charge in [-0.3, -0.25) is 4.79 Å². The molecule has 0 aliphatic heterocycles. The zero-order valence-electron chi connectivity index (χ0n) is 5.00. The Labute approximate surface area is 60.3 Å². The summed E-state index contributed by atoms with van der Waals surface area (Å²) in [4.78, 5) is 10.9. The standard InChI is InChI=1S/C6H4N2OS/c9-6-4-1-2-10-5(4)3-7-8-6/h1-3H,(H,8,9). The van der Waals surface area contributed by atoms with Crippen LogP contribution in [0.5, 0.6) is 0 Å². The number of hydrogen-bond acceptors (Lipinski definition) is 3. The van der Waals surface area contributed by atoms with Gasteiger partial charge in [0.2, 0.25) is 0 Å². The van der Waals surface area contributed by atoms with E-state index in [4.69, 9.17) is 0 Å². The number of nitrogens with zero attached hydrogens (tertiary/aromatic N) is 1. The van der Waals surface area contributed by atoms with E-state index in [9.17, 15) is 4.79 Å². The van der Waals surface area contributed by atoms with E-state index in [1.54, 1.807) is 12.3 Å². The maximum absolute atomic E-state index is 10.9. The molecule has 0 bridgehead atoms. The first-order valence-electron chi connectivity index (χ1n) is 2.79. The van der Waals surface area contributed by atoms with Gasteiger partial charge in [-0.1, -0.05) is 0 Å². The first-order valence-corrected chi connectivity index (χ1v) is 3.67. The molecule has 0 unspecified atom stereocenters. The van der Waals surface area contributed by atoms with E-state index in [0.29, 0.717) is 0 Å². The summed E-state index contributed by atoms with van der Waals surface area (Å²) in [5, 5.41) is 8.62. The van der Waals surface area contributed by atoms with Crippen molar-refractivity contribution in [3.8, 4) is 0 Å². The van der Waals surface area contributed by atoms with Crippen molar-refractivity contribution in [3.05, 3.63) is 28.0 Å². The molecule has 2 aromatic rings. The Hall–Kier alpha value is -1.16. The summed E-state index contributed by atoms with van der Waals surface area (Å²) in [7, 11) is 0. The third-order valence-corrected chi connectivity index (χ3v) is 2.14. The van der Waals surface area contributed by atoms with Gasteiger partial charge >= 0.3 is 0 Å². The Morgan fingerprint density at radius 3 is 3.30 bits per heavy atom. The average Bonchev–Trinajstić information content (AvgIpc) is 2.36. The van der Waals surface area contributed by atoms with E-state index in [2.05, 4.69) is 10.2 Å². The first-order chi connectivity index (χ1) is 4.88. The second kappa shape index (κ2) is 1.91. The zero-order chi connectivity index (χ0) is 6.97. The van der Waals surface area contributed by atoms with Gasteiger partial charge in [0.1, 0.15) is 0 Å². The summed E-state index contributed by atoms with van der Waals surface area (Å²) in [6, 6.07) is 1.79. The number of rotatable bonds is 0. The van der Waals surface area contributed by atoms with Gasteiger partial charge in [-0.25, -0.2) is 5.10 Å². The topological polar surface area (TPSA) is 45.8 Å². The summed E-state index contributed by atoms with van der Waals surface area (Å²) in [5.74, 6) is 0. The van der Waals surface area contributed by atoms with E-state index in [0.717, 1.165) is 10.1 Å². The van der Waals surface area contributed by atoms with Crippen LogP contribution in [-0.2, 0) is 0 Å². The highest BCUT2D eigenvalue weighted by molar-refractivity contribution is 7.17. The van der Waals surface area contributed by atoms with E-state index in [1.807, 2.05) is 5.38 Å². The molecular formula is C6H4N2OS. The molecule has 0 aromatic carbocycles. The summed E-state index contributed by atoms with van der Waals surface area (Å²) in [6.45, 7) is 0. The molecule has 0 saturated carbocycles. The van der Waals surface area contributed by atoms with Gasteiger partial charge in [0, 0.05) is 0 Å². The largest absolute Gasteiger partial charge is 0.272 e. The van der Waals surface area contributed by atoms with Gasteiger partial charge in [0.15, 0.2) is 0 Å². The van der Waals surface area contributed by atoms with Crippen molar-refractivity contribution < 1.29 is 0 Å². The van der Waals surface area contributed by atoms with Crippen LogP contribution in [-0.4, -0.2) is 10.2 Å². The third-order valence-electron chi connectivity index (χ3n) is 1.29. The Bertz CT molecular complexity index is 403. The van der Waals surface area contributed by atoms with Crippen LogP contribution in [0.3, 0.4) is 0 Å². The lowest BCUT2D eigenvalue weighted by Gasteiger charge is -1.82. The maximum Gasteiger partial charge on any atom is 0.272 e. The molecule has 0 saturated heterocycles. The number of fused-ring (bicyclic) bond motifs is 1. The fourth-order valence-electron chi connectivity index (χ4n) is 0.818. The number of nitrogens with one attached hydrogen (secondary N) is 1. The maximum atomic E-state index is 10.9. The third kappa shape index (κ3) is 0.657. The molecule has 2 rings (SSSR count).